The van der Waals surface area contributed by atoms with E-state index in [1.54, 1.807) is 26.2 Å². The number of fused-ring (bicyclic) bond motifs is 1. The molecule has 3 aromatic rings. The lowest BCUT2D eigenvalue weighted by Gasteiger charge is -2.12. The van der Waals surface area contributed by atoms with E-state index in [0.29, 0.717) is 17.9 Å². The first-order chi connectivity index (χ1) is 11.6. The molecule has 24 heavy (non-hydrogen) atoms. The third-order valence-corrected chi connectivity index (χ3v) is 4.35. The molecule has 0 aromatic heterocycles. The SMILES string of the molecule is COc1ccc(C(C)=O)cc1COc1ccc2cc(Br)ccc2c1. The predicted molar refractivity (Wildman–Crippen MR) is 99.0 cm³/mol. The third kappa shape index (κ3) is 3.60. The van der Waals surface area contributed by atoms with Crippen LogP contribution in [0.3, 0.4) is 0 Å². The van der Waals surface area contributed by atoms with Crippen molar-refractivity contribution in [3.05, 3.63) is 70.2 Å². The van der Waals surface area contributed by atoms with Crippen molar-refractivity contribution in [1.29, 1.82) is 0 Å². The van der Waals surface area contributed by atoms with Crippen molar-refractivity contribution in [3.63, 3.8) is 0 Å². The number of Topliss-reactive ketones (excluding diaryl/α,β-unsaturated/α-hetero) is 1. The van der Waals surface area contributed by atoms with Gasteiger partial charge < -0.3 is 9.47 Å². The molecule has 0 amide bonds. The van der Waals surface area contributed by atoms with Gasteiger partial charge in [0.05, 0.1) is 7.11 Å². The van der Waals surface area contributed by atoms with Crippen LogP contribution in [0, 0.1) is 0 Å². The Morgan fingerprint density at radius 1 is 1.00 bits per heavy atom. The fourth-order valence-electron chi connectivity index (χ4n) is 2.56. The molecule has 4 heteroatoms. The van der Waals surface area contributed by atoms with E-state index in [2.05, 4.69) is 22.0 Å². The van der Waals surface area contributed by atoms with E-state index in [1.165, 1.54) is 0 Å². The summed E-state index contributed by atoms with van der Waals surface area (Å²) >= 11 is 3.47. The Balaban J connectivity index is 1.83. The van der Waals surface area contributed by atoms with E-state index >= 15 is 0 Å². The lowest BCUT2D eigenvalue weighted by atomic mass is 10.1. The van der Waals surface area contributed by atoms with Gasteiger partial charge in [0.25, 0.3) is 0 Å². The second kappa shape index (κ2) is 7.05. The van der Waals surface area contributed by atoms with E-state index in [4.69, 9.17) is 9.47 Å². The van der Waals surface area contributed by atoms with E-state index in [1.807, 2.05) is 36.4 Å². The average Bonchev–Trinajstić information content (AvgIpc) is 2.59. The smallest absolute Gasteiger partial charge is 0.159 e. The van der Waals surface area contributed by atoms with Gasteiger partial charge in [-0.15, -0.1) is 0 Å². The van der Waals surface area contributed by atoms with Crippen LogP contribution in [0.5, 0.6) is 11.5 Å². The molecule has 0 saturated heterocycles. The monoisotopic (exact) mass is 384 g/mol. The number of carbonyl (C=O) groups excluding carboxylic acids is 1. The largest absolute Gasteiger partial charge is 0.496 e. The van der Waals surface area contributed by atoms with Gasteiger partial charge in [0, 0.05) is 15.6 Å². The molecule has 122 valence electrons. The number of carbonyl (C=O) groups is 1. The molecule has 0 bridgehead atoms. The standard InChI is InChI=1S/C20H17BrO3/c1-13(22)14-5-8-20(23-2)17(9-14)12-24-19-7-4-15-10-18(21)6-3-16(15)11-19/h3-11H,12H2,1-2H3. The maximum Gasteiger partial charge on any atom is 0.159 e. The van der Waals surface area contributed by atoms with Gasteiger partial charge in [0.2, 0.25) is 0 Å². The number of rotatable bonds is 5. The molecular weight excluding hydrogens is 368 g/mol. The van der Waals surface area contributed by atoms with E-state index in [0.717, 1.165) is 26.6 Å². The van der Waals surface area contributed by atoms with Crippen molar-refractivity contribution in [2.24, 2.45) is 0 Å². The van der Waals surface area contributed by atoms with Gasteiger partial charge in [-0.1, -0.05) is 28.1 Å². The number of benzene rings is 3. The number of ketones is 1. The molecule has 0 aliphatic heterocycles. The quantitative estimate of drug-likeness (QED) is 0.553. The molecule has 0 fully saturated rings. The normalized spacial score (nSPS) is 10.6. The molecule has 0 spiro atoms. The highest BCUT2D eigenvalue weighted by Crippen LogP contribution is 2.26. The van der Waals surface area contributed by atoms with Gasteiger partial charge in [-0.25, -0.2) is 0 Å². The molecule has 0 aliphatic rings. The molecule has 0 unspecified atom stereocenters. The van der Waals surface area contributed by atoms with Gasteiger partial charge in [-0.3, -0.25) is 4.79 Å². The molecule has 3 nitrogen and oxygen atoms in total. The summed E-state index contributed by atoms with van der Waals surface area (Å²) in [7, 11) is 1.61. The number of hydrogen-bond acceptors (Lipinski definition) is 3. The highest BCUT2D eigenvalue weighted by Gasteiger charge is 2.08. The molecule has 0 N–H and O–H groups in total. The van der Waals surface area contributed by atoms with Crippen LogP contribution >= 0.6 is 15.9 Å². The highest BCUT2D eigenvalue weighted by molar-refractivity contribution is 9.10. The maximum atomic E-state index is 11.6. The van der Waals surface area contributed by atoms with Gasteiger partial charge >= 0.3 is 0 Å². The fraction of sp³-hybridized carbons (Fsp3) is 0.150. The van der Waals surface area contributed by atoms with E-state index in [9.17, 15) is 4.79 Å². The van der Waals surface area contributed by atoms with E-state index < -0.39 is 0 Å². The first kappa shape index (κ1) is 16.5. The Kier molecular flexibility index (Phi) is 4.86. The lowest BCUT2D eigenvalue weighted by molar-refractivity contribution is 0.101. The van der Waals surface area contributed by atoms with Crippen molar-refractivity contribution < 1.29 is 14.3 Å². The molecule has 0 saturated carbocycles. The van der Waals surface area contributed by atoms with E-state index in [-0.39, 0.29) is 5.78 Å². The summed E-state index contributed by atoms with van der Waals surface area (Å²) in [6.45, 7) is 1.89. The lowest BCUT2D eigenvalue weighted by Crippen LogP contribution is -2.01. The summed E-state index contributed by atoms with van der Waals surface area (Å²) in [5, 5.41) is 2.26. The Labute approximate surface area is 149 Å². The predicted octanol–water partition coefficient (Wildman–Crippen LogP) is 5.39. The number of halogens is 1. The van der Waals surface area contributed by atoms with Crippen molar-refractivity contribution in [3.8, 4) is 11.5 Å². The minimum absolute atomic E-state index is 0.0233. The zero-order valence-electron chi connectivity index (χ0n) is 13.5. The van der Waals surface area contributed by atoms with Crippen LogP contribution in [0.4, 0.5) is 0 Å². The molecular formula is C20H17BrO3. The second-order valence-electron chi connectivity index (χ2n) is 5.52. The second-order valence-corrected chi connectivity index (χ2v) is 6.44. The Hall–Kier alpha value is -2.33. The average molecular weight is 385 g/mol. The van der Waals surface area contributed by atoms with Gasteiger partial charge in [-0.2, -0.15) is 0 Å². The molecule has 0 heterocycles. The van der Waals surface area contributed by atoms with Gasteiger partial charge in [0.1, 0.15) is 18.1 Å². The topological polar surface area (TPSA) is 35.5 Å². The van der Waals surface area contributed by atoms with Crippen LogP contribution in [-0.2, 0) is 6.61 Å². The third-order valence-electron chi connectivity index (χ3n) is 3.86. The van der Waals surface area contributed by atoms with Crippen molar-refractivity contribution in [2.45, 2.75) is 13.5 Å². The van der Waals surface area contributed by atoms with Gasteiger partial charge in [0.15, 0.2) is 5.78 Å². The van der Waals surface area contributed by atoms with Crippen LogP contribution in [0.25, 0.3) is 10.8 Å². The maximum absolute atomic E-state index is 11.6. The molecule has 0 radical (unpaired) electrons. The summed E-state index contributed by atoms with van der Waals surface area (Å²) in [5.74, 6) is 1.51. The van der Waals surface area contributed by atoms with Crippen LogP contribution in [0.2, 0.25) is 0 Å². The molecule has 3 aromatic carbocycles. The minimum Gasteiger partial charge on any atom is -0.496 e. The number of hydrogen-bond donors (Lipinski definition) is 0. The zero-order chi connectivity index (χ0) is 17.1. The Morgan fingerprint density at radius 3 is 2.50 bits per heavy atom. The Morgan fingerprint density at radius 2 is 1.75 bits per heavy atom. The zero-order valence-corrected chi connectivity index (χ0v) is 15.1. The first-order valence-electron chi connectivity index (χ1n) is 7.57. The Bertz CT molecular complexity index is 903. The van der Waals surface area contributed by atoms with Crippen LogP contribution in [0.15, 0.2) is 59.1 Å². The summed E-state index contributed by atoms with van der Waals surface area (Å²) < 4.78 is 12.3. The molecule has 0 aliphatic carbocycles. The van der Waals surface area contributed by atoms with Crippen LogP contribution < -0.4 is 9.47 Å². The van der Waals surface area contributed by atoms with Crippen molar-refractivity contribution in [2.75, 3.05) is 7.11 Å². The summed E-state index contributed by atoms with van der Waals surface area (Å²) in [4.78, 5) is 11.6. The van der Waals surface area contributed by atoms with Crippen molar-refractivity contribution >= 4 is 32.5 Å². The van der Waals surface area contributed by atoms with Crippen LogP contribution in [0.1, 0.15) is 22.8 Å². The fourth-order valence-corrected chi connectivity index (χ4v) is 2.93. The highest BCUT2D eigenvalue weighted by atomic mass is 79.9. The first-order valence-corrected chi connectivity index (χ1v) is 8.36. The van der Waals surface area contributed by atoms with Gasteiger partial charge in [-0.05, 0) is 60.2 Å². The minimum atomic E-state index is 0.0233. The molecule has 3 rings (SSSR count). The van der Waals surface area contributed by atoms with Crippen LogP contribution in [-0.4, -0.2) is 12.9 Å². The summed E-state index contributed by atoms with van der Waals surface area (Å²) in [6.07, 6.45) is 0. The summed E-state index contributed by atoms with van der Waals surface area (Å²) in [6, 6.07) is 17.5. The number of methoxy groups -OCH3 is 1. The number of ether oxygens (including phenoxy) is 2. The molecule has 0 atom stereocenters. The summed E-state index contributed by atoms with van der Waals surface area (Å²) in [5.41, 5.74) is 1.50. The van der Waals surface area contributed by atoms with Crippen molar-refractivity contribution in [1.82, 2.24) is 0 Å².